The number of anilines is 1. The summed E-state index contributed by atoms with van der Waals surface area (Å²) in [6.45, 7) is 0.601. The Kier molecular flexibility index (Phi) is 6.69. The fraction of sp³-hybridized carbons (Fsp3) is 0.316. The standard InChI is InChI=1S/C19H22N4O3S/c24-10-8-23(9-11-25)16(26)6-7-20-18-17-15(14-4-2-1-3-5-14)12-27-19(17)22-13-21-18/h1-5,12-13,24-25H,6-11H2,(H,20,21,22). The number of amides is 1. The van der Waals surface area contributed by atoms with Crippen molar-refractivity contribution >= 4 is 33.3 Å². The van der Waals surface area contributed by atoms with Gasteiger partial charge in [-0.2, -0.15) is 0 Å². The van der Waals surface area contributed by atoms with Gasteiger partial charge >= 0.3 is 0 Å². The van der Waals surface area contributed by atoms with Crippen LogP contribution >= 0.6 is 11.3 Å². The van der Waals surface area contributed by atoms with Crippen LogP contribution in [0.1, 0.15) is 6.42 Å². The van der Waals surface area contributed by atoms with Crippen molar-refractivity contribution in [3.63, 3.8) is 0 Å². The molecule has 1 aromatic carbocycles. The van der Waals surface area contributed by atoms with Crippen molar-refractivity contribution in [2.24, 2.45) is 0 Å². The molecule has 0 atom stereocenters. The third-order valence-corrected chi connectivity index (χ3v) is 5.07. The van der Waals surface area contributed by atoms with Gasteiger partial charge in [0.1, 0.15) is 17.0 Å². The molecule has 27 heavy (non-hydrogen) atoms. The lowest BCUT2D eigenvalue weighted by atomic mass is 10.1. The Balaban J connectivity index is 1.74. The van der Waals surface area contributed by atoms with E-state index in [1.807, 2.05) is 30.3 Å². The van der Waals surface area contributed by atoms with Crippen molar-refractivity contribution in [3.8, 4) is 11.1 Å². The molecule has 2 aromatic heterocycles. The normalized spacial score (nSPS) is 10.9. The van der Waals surface area contributed by atoms with Gasteiger partial charge in [0, 0.05) is 37.0 Å². The lowest BCUT2D eigenvalue weighted by Crippen LogP contribution is -2.36. The maximum Gasteiger partial charge on any atom is 0.224 e. The first-order chi connectivity index (χ1) is 13.2. The molecule has 0 fully saturated rings. The Labute approximate surface area is 161 Å². The summed E-state index contributed by atoms with van der Waals surface area (Å²) in [5, 5.41) is 24.3. The molecule has 0 saturated heterocycles. The molecule has 0 spiro atoms. The molecule has 3 aromatic rings. The summed E-state index contributed by atoms with van der Waals surface area (Å²) in [5.41, 5.74) is 2.15. The largest absolute Gasteiger partial charge is 0.395 e. The number of hydrogen-bond donors (Lipinski definition) is 3. The molecule has 2 heterocycles. The highest BCUT2D eigenvalue weighted by molar-refractivity contribution is 7.17. The Morgan fingerprint density at radius 2 is 1.85 bits per heavy atom. The van der Waals surface area contributed by atoms with Crippen LogP contribution in [0.2, 0.25) is 0 Å². The number of fused-ring (bicyclic) bond motifs is 1. The highest BCUT2D eigenvalue weighted by Crippen LogP contribution is 2.36. The molecule has 3 N–H and O–H groups in total. The van der Waals surface area contributed by atoms with E-state index < -0.39 is 0 Å². The molecule has 0 bridgehead atoms. The van der Waals surface area contributed by atoms with Crippen LogP contribution in [0.5, 0.6) is 0 Å². The van der Waals surface area contributed by atoms with Gasteiger partial charge in [-0.05, 0) is 5.56 Å². The van der Waals surface area contributed by atoms with Crippen molar-refractivity contribution in [3.05, 3.63) is 42.0 Å². The molecule has 0 aliphatic carbocycles. The molecule has 0 aliphatic heterocycles. The Morgan fingerprint density at radius 1 is 1.11 bits per heavy atom. The number of hydrogen-bond acceptors (Lipinski definition) is 7. The first-order valence-corrected chi connectivity index (χ1v) is 9.63. The van der Waals surface area contributed by atoms with E-state index >= 15 is 0 Å². The first-order valence-electron chi connectivity index (χ1n) is 8.75. The van der Waals surface area contributed by atoms with Crippen molar-refractivity contribution in [1.29, 1.82) is 0 Å². The summed E-state index contributed by atoms with van der Waals surface area (Å²) in [5.74, 6) is 0.577. The number of nitrogens with one attached hydrogen (secondary N) is 1. The zero-order chi connectivity index (χ0) is 19.1. The molecule has 7 nitrogen and oxygen atoms in total. The van der Waals surface area contributed by atoms with Crippen LogP contribution in [0.3, 0.4) is 0 Å². The fourth-order valence-corrected chi connectivity index (χ4v) is 3.80. The monoisotopic (exact) mass is 386 g/mol. The van der Waals surface area contributed by atoms with E-state index in [1.165, 1.54) is 11.2 Å². The molecular formula is C19H22N4O3S. The van der Waals surface area contributed by atoms with Crippen LogP contribution in [-0.2, 0) is 4.79 Å². The average molecular weight is 386 g/mol. The highest BCUT2D eigenvalue weighted by atomic mass is 32.1. The van der Waals surface area contributed by atoms with Gasteiger partial charge in [0.05, 0.1) is 18.6 Å². The number of aromatic nitrogens is 2. The zero-order valence-electron chi connectivity index (χ0n) is 14.8. The second kappa shape index (κ2) is 9.40. The molecule has 3 rings (SSSR count). The summed E-state index contributed by atoms with van der Waals surface area (Å²) in [4.78, 5) is 23.3. The quantitative estimate of drug-likeness (QED) is 0.520. The second-order valence-corrected chi connectivity index (χ2v) is 6.78. The van der Waals surface area contributed by atoms with Gasteiger partial charge in [-0.15, -0.1) is 11.3 Å². The number of aliphatic hydroxyl groups excluding tert-OH is 2. The summed E-state index contributed by atoms with van der Waals surface area (Å²) < 4.78 is 0. The zero-order valence-corrected chi connectivity index (χ0v) is 15.7. The van der Waals surface area contributed by atoms with Gasteiger partial charge in [0.15, 0.2) is 0 Å². The number of carbonyl (C=O) groups is 1. The molecule has 8 heteroatoms. The third-order valence-electron chi connectivity index (χ3n) is 4.18. The van der Waals surface area contributed by atoms with Gasteiger partial charge in [0.25, 0.3) is 0 Å². The molecule has 0 aliphatic rings. The lowest BCUT2D eigenvalue weighted by molar-refractivity contribution is -0.131. The van der Waals surface area contributed by atoms with Crippen molar-refractivity contribution in [2.75, 3.05) is 38.2 Å². The Morgan fingerprint density at radius 3 is 2.56 bits per heavy atom. The number of benzene rings is 1. The first kappa shape index (κ1) is 19.2. The second-order valence-electron chi connectivity index (χ2n) is 5.92. The van der Waals surface area contributed by atoms with Gasteiger partial charge in [-0.3, -0.25) is 4.79 Å². The maximum atomic E-state index is 12.2. The van der Waals surface area contributed by atoms with Crippen LogP contribution in [0.25, 0.3) is 21.3 Å². The molecule has 0 radical (unpaired) electrons. The van der Waals surface area contributed by atoms with Crippen molar-refractivity contribution in [2.45, 2.75) is 6.42 Å². The van der Waals surface area contributed by atoms with Gasteiger partial charge in [0.2, 0.25) is 5.91 Å². The summed E-state index contributed by atoms with van der Waals surface area (Å²) in [6.07, 6.45) is 1.76. The SMILES string of the molecule is O=C(CCNc1ncnc2scc(-c3ccccc3)c12)N(CCO)CCO. The van der Waals surface area contributed by atoms with E-state index in [9.17, 15) is 4.79 Å². The maximum absolute atomic E-state index is 12.2. The predicted molar refractivity (Wildman–Crippen MR) is 107 cm³/mol. The number of thiophene rings is 1. The van der Waals surface area contributed by atoms with Crippen LogP contribution in [-0.4, -0.2) is 63.8 Å². The van der Waals surface area contributed by atoms with E-state index in [0.717, 1.165) is 21.3 Å². The van der Waals surface area contributed by atoms with Crippen molar-refractivity contribution in [1.82, 2.24) is 14.9 Å². The van der Waals surface area contributed by atoms with E-state index in [-0.39, 0.29) is 38.6 Å². The van der Waals surface area contributed by atoms with Crippen LogP contribution < -0.4 is 5.32 Å². The van der Waals surface area contributed by atoms with Crippen molar-refractivity contribution < 1.29 is 15.0 Å². The van der Waals surface area contributed by atoms with Crippen LogP contribution in [0, 0.1) is 0 Å². The minimum Gasteiger partial charge on any atom is -0.395 e. The summed E-state index contributed by atoms with van der Waals surface area (Å²) in [7, 11) is 0. The Bertz CT molecular complexity index is 879. The van der Waals surface area contributed by atoms with E-state index in [0.29, 0.717) is 12.4 Å². The topological polar surface area (TPSA) is 98.6 Å². The number of rotatable bonds is 9. The minimum atomic E-state index is -0.124. The van der Waals surface area contributed by atoms with E-state index in [2.05, 4.69) is 20.7 Å². The summed E-state index contributed by atoms with van der Waals surface area (Å²) >= 11 is 1.56. The fourth-order valence-electron chi connectivity index (χ4n) is 2.89. The third kappa shape index (κ3) is 4.60. The van der Waals surface area contributed by atoms with Gasteiger partial charge in [-0.25, -0.2) is 9.97 Å². The average Bonchev–Trinajstić information content (AvgIpc) is 3.13. The van der Waals surface area contributed by atoms with E-state index in [1.54, 1.807) is 11.3 Å². The van der Waals surface area contributed by atoms with Crippen LogP contribution in [0.15, 0.2) is 42.0 Å². The van der Waals surface area contributed by atoms with E-state index in [4.69, 9.17) is 10.2 Å². The highest BCUT2D eigenvalue weighted by Gasteiger charge is 2.15. The molecule has 0 unspecified atom stereocenters. The number of carbonyl (C=O) groups excluding carboxylic acids is 1. The van der Waals surface area contributed by atoms with Gasteiger partial charge in [-0.1, -0.05) is 30.3 Å². The van der Waals surface area contributed by atoms with Crippen LogP contribution in [0.4, 0.5) is 5.82 Å². The smallest absolute Gasteiger partial charge is 0.224 e. The molecular weight excluding hydrogens is 364 g/mol. The molecule has 142 valence electrons. The minimum absolute atomic E-state index is 0.121. The number of nitrogens with zero attached hydrogens (tertiary/aromatic N) is 3. The Hall–Kier alpha value is -2.55. The lowest BCUT2D eigenvalue weighted by Gasteiger charge is -2.20. The summed E-state index contributed by atoms with van der Waals surface area (Å²) in [6, 6.07) is 10.0. The number of aliphatic hydroxyl groups is 2. The molecule has 0 saturated carbocycles. The predicted octanol–water partition coefficient (Wildman–Crippen LogP) is 1.97. The molecule has 1 amide bonds. The van der Waals surface area contributed by atoms with Gasteiger partial charge < -0.3 is 20.4 Å².